The van der Waals surface area contributed by atoms with E-state index in [0.29, 0.717) is 5.56 Å². The van der Waals surface area contributed by atoms with E-state index in [1.54, 1.807) is 27.9 Å². The number of nitriles is 1. The van der Waals surface area contributed by atoms with Crippen LogP contribution in [0.1, 0.15) is 21.7 Å². The van der Waals surface area contributed by atoms with Crippen LogP contribution >= 0.6 is 11.3 Å². The molecule has 0 aliphatic carbocycles. The number of hydrogen-bond acceptors (Lipinski definition) is 4. The number of fused-ring (bicyclic) bond motifs is 1. The SMILES string of the molecule is Cc1cc2sc(Cc3ccc(C#N)cc3)cn2c(=O)n1. The van der Waals surface area contributed by atoms with Crippen molar-refractivity contribution in [3.63, 3.8) is 0 Å². The smallest absolute Gasteiger partial charge is 0.258 e. The third-order valence-electron chi connectivity index (χ3n) is 3.02. The van der Waals surface area contributed by atoms with E-state index in [4.69, 9.17) is 5.26 Å². The van der Waals surface area contributed by atoms with E-state index < -0.39 is 0 Å². The van der Waals surface area contributed by atoms with Crippen LogP contribution in [0.5, 0.6) is 0 Å². The Morgan fingerprint density at radius 1 is 1.35 bits per heavy atom. The Bertz CT molecular complexity index is 869. The number of aromatic nitrogens is 2. The standard InChI is InChI=1S/C15H11N3OS/c1-10-6-14-18(15(19)17-10)9-13(20-14)7-11-2-4-12(8-16)5-3-11/h2-6,9H,7H2,1H3. The summed E-state index contributed by atoms with van der Waals surface area (Å²) >= 11 is 1.59. The normalized spacial score (nSPS) is 10.6. The average Bonchev–Trinajstić information content (AvgIpc) is 2.82. The van der Waals surface area contributed by atoms with Crippen LogP contribution in [-0.4, -0.2) is 9.38 Å². The summed E-state index contributed by atoms with van der Waals surface area (Å²) in [5.74, 6) is 0. The predicted octanol–water partition coefficient (Wildman–Crippen LogP) is 2.53. The van der Waals surface area contributed by atoms with Crippen molar-refractivity contribution < 1.29 is 0 Å². The van der Waals surface area contributed by atoms with Crippen molar-refractivity contribution in [2.45, 2.75) is 13.3 Å². The first-order valence-electron chi connectivity index (χ1n) is 6.13. The number of hydrogen-bond donors (Lipinski definition) is 0. The second kappa shape index (κ2) is 4.91. The second-order valence-electron chi connectivity index (χ2n) is 4.57. The fourth-order valence-corrected chi connectivity index (χ4v) is 3.19. The zero-order chi connectivity index (χ0) is 14.1. The zero-order valence-electron chi connectivity index (χ0n) is 10.8. The molecule has 98 valence electrons. The summed E-state index contributed by atoms with van der Waals surface area (Å²) in [6.07, 6.45) is 2.59. The third-order valence-corrected chi connectivity index (χ3v) is 4.05. The minimum absolute atomic E-state index is 0.234. The third kappa shape index (κ3) is 2.33. The molecule has 2 heterocycles. The molecule has 0 atom stereocenters. The molecule has 3 rings (SSSR count). The maximum Gasteiger partial charge on any atom is 0.353 e. The average molecular weight is 281 g/mol. The molecule has 0 saturated heterocycles. The Kier molecular flexibility index (Phi) is 3.09. The van der Waals surface area contributed by atoms with Crippen LogP contribution in [0.2, 0.25) is 0 Å². The van der Waals surface area contributed by atoms with Gasteiger partial charge in [0.25, 0.3) is 0 Å². The van der Waals surface area contributed by atoms with Gasteiger partial charge in [0.15, 0.2) is 0 Å². The van der Waals surface area contributed by atoms with Crippen LogP contribution in [-0.2, 0) is 6.42 Å². The summed E-state index contributed by atoms with van der Waals surface area (Å²) in [5, 5.41) is 8.78. The lowest BCUT2D eigenvalue weighted by atomic mass is 10.1. The van der Waals surface area contributed by atoms with Gasteiger partial charge in [-0.3, -0.25) is 4.40 Å². The quantitative estimate of drug-likeness (QED) is 0.725. The topological polar surface area (TPSA) is 58.2 Å². The van der Waals surface area contributed by atoms with Gasteiger partial charge >= 0.3 is 5.69 Å². The molecule has 0 bridgehead atoms. The highest BCUT2D eigenvalue weighted by Crippen LogP contribution is 2.20. The Hall–Kier alpha value is -2.45. The maximum absolute atomic E-state index is 11.8. The Labute approximate surface area is 119 Å². The van der Waals surface area contributed by atoms with Gasteiger partial charge < -0.3 is 0 Å². The molecule has 5 heteroatoms. The number of benzene rings is 1. The van der Waals surface area contributed by atoms with E-state index in [0.717, 1.165) is 27.4 Å². The number of nitrogens with zero attached hydrogens (tertiary/aromatic N) is 3. The van der Waals surface area contributed by atoms with E-state index in [9.17, 15) is 4.79 Å². The van der Waals surface area contributed by atoms with Crippen molar-refractivity contribution in [3.05, 3.63) is 68.7 Å². The molecule has 0 aliphatic heterocycles. The molecule has 0 N–H and O–H groups in total. The number of thiazole rings is 1. The van der Waals surface area contributed by atoms with E-state index in [2.05, 4.69) is 11.1 Å². The van der Waals surface area contributed by atoms with Gasteiger partial charge in [-0.25, -0.2) is 4.79 Å². The number of aryl methyl sites for hydroxylation is 1. The molecule has 0 saturated carbocycles. The molecule has 20 heavy (non-hydrogen) atoms. The molecule has 0 aliphatic rings. The molecule has 3 aromatic rings. The molecule has 1 aromatic carbocycles. The van der Waals surface area contributed by atoms with Crippen LogP contribution in [0.3, 0.4) is 0 Å². The van der Waals surface area contributed by atoms with Gasteiger partial charge in [0, 0.05) is 23.2 Å². The minimum atomic E-state index is -0.234. The van der Waals surface area contributed by atoms with Crippen molar-refractivity contribution in [1.29, 1.82) is 5.26 Å². The summed E-state index contributed by atoms with van der Waals surface area (Å²) in [7, 11) is 0. The van der Waals surface area contributed by atoms with Crippen molar-refractivity contribution in [3.8, 4) is 6.07 Å². The van der Waals surface area contributed by atoms with Crippen LogP contribution in [0.25, 0.3) is 4.83 Å². The summed E-state index contributed by atoms with van der Waals surface area (Å²) in [5.41, 5.74) is 2.28. The highest BCUT2D eigenvalue weighted by atomic mass is 32.1. The molecular formula is C15H11N3OS. The molecule has 0 fully saturated rings. The van der Waals surface area contributed by atoms with Gasteiger partial charge in [-0.1, -0.05) is 12.1 Å². The van der Waals surface area contributed by atoms with Crippen molar-refractivity contribution in [2.24, 2.45) is 0 Å². The van der Waals surface area contributed by atoms with Crippen molar-refractivity contribution >= 4 is 16.2 Å². The Morgan fingerprint density at radius 3 is 2.80 bits per heavy atom. The molecule has 0 radical (unpaired) electrons. The van der Waals surface area contributed by atoms with E-state index in [1.165, 1.54) is 0 Å². The Morgan fingerprint density at radius 2 is 2.10 bits per heavy atom. The molecule has 0 amide bonds. The number of rotatable bonds is 2. The molecule has 0 unspecified atom stereocenters. The molecule has 0 spiro atoms. The predicted molar refractivity (Wildman–Crippen MR) is 78.0 cm³/mol. The first-order chi connectivity index (χ1) is 9.65. The van der Waals surface area contributed by atoms with Gasteiger partial charge in [0.2, 0.25) is 0 Å². The fraction of sp³-hybridized carbons (Fsp3) is 0.133. The van der Waals surface area contributed by atoms with Crippen molar-refractivity contribution in [1.82, 2.24) is 9.38 Å². The lowest BCUT2D eigenvalue weighted by Crippen LogP contribution is -2.15. The molecular weight excluding hydrogens is 270 g/mol. The molecule has 4 nitrogen and oxygen atoms in total. The maximum atomic E-state index is 11.8. The zero-order valence-corrected chi connectivity index (χ0v) is 11.6. The van der Waals surface area contributed by atoms with Crippen molar-refractivity contribution in [2.75, 3.05) is 0 Å². The minimum Gasteiger partial charge on any atom is -0.258 e. The van der Waals surface area contributed by atoms with Gasteiger partial charge in [0.05, 0.1) is 11.6 Å². The monoisotopic (exact) mass is 281 g/mol. The van der Waals surface area contributed by atoms with Crippen LogP contribution in [0.4, 0.5) is 0 Å². The second-order valence-corrected chi connectivity index (χ2v) is 5.72. The van der Waals surface area contributed by atoms with Crippen LogP contribution in [0.15, 0.2) is 41.3 Å². The van der Waals surface area contributed by atoms with Gasteiger partial charge in [-0.05, 0) is 30.7 Å². The fourth-order valence-electron chi connectivity index (χ4n) is 2.06. The van der Waals surface area contributed by atoms with Crippen LogP contribution < -0.4 is 5.69 Å². The summed E-state index contributed by atoms with van der Waals surface area (Å²) in [6, 6.07) is 11.5. The van der Waals surface area contributed by atoms with E-state index >= 15 is 0 Å². The van der Waals surface area contributed by atoms with Gasteiger partial charge in [-0.15, -0.1) is 11.3 Å². The first kappa shape index (κ1) is 12.6. The van der Waals surface area contributed by atoms with E-state index in [1.807, 2.05) is 31.3 Å². The highest BCUT2D eigenvalue weighted by molar-refractivity contribution is 7.17. The van der Waals surface area contributed by atoms with Crippen LogP contribution in [0, 0.1) is 18.3 Å². The largest absolute Gasteiger partial charge is 0.353 e. The summed E-state index contributed by atoms with van der Waals surface area (Å²) in [4.78, 5) is 17.7. The summed E-state index contributed by atoms with van der Waals surface area (Å²) < 4.78 is 1.58. The highest BCUT2D eigenvalue weighted by Gasteiger charge is 2.06. The first-order valence-corrected chi connectivity index (χ1v) is 6.95. The Balaban J connectivity index is 1.96. The lowest BCUT2D eigenvalue weighted by molar-refractivity contribution is 0.973. The lowest BCUT2D eigenvalue weighted by Gasteiger charge is -1.97. The van der Waals surface area contributed by atoms with E-state index in [-0.39, 0.29) is 5.69 Å². The summed E-state index contributed by atoms with van der Waals surface area (Å²) in [6.45, 7) is 1.82. The van der Waals surface area contributed by atoms with Gasteiger partial charge in [-0.2, -0.15) is 10.2 Å². The molecule has 2 aromatic heterocycles. The van der Waals surface area contributed by atoms with Gasteiger partial charge in [0.1, 0.15) is 4.83 Å².